The SMILES string of the molecule is COC(=O)c1cncc(C=C(CN)B2OC(C)(C)C(C)(C)O2)c1. The molecule has 1 aliphatic heterocycles. The minimum absolute atomic E-state index is 0.277. The highest BCUT2D eigenvalue weighted by Gasteiger charge is 2.52. The van der Waals surface area contributed by atoms with Gasteiger partial charge >= 0.3 is 13.1 Å². The Morgan fingerprint density at radius 1 is 1.30 bits per heavy atom. The molecule has 124 valence electrons. The number of nitrogens with zero attached hydrogens (tertiary/aromatic N) is 1. The number of ether oxygens (including phenoxy) is 1. The molecule has 0 bridgehead atoms. The molecular weight excluding hydrogens is 295 g/mol. The summed E-state index contributed by atoms with van der Waals surface area (Å²) < 4.78 is 16.7. The normalized spacial score (nSPS) is 19.7. The molecule has 0 aromatic carbocycles. The van der Waals surface area contributed by atoms with Gasteiger partial charge in [0.1, 0.15) is 0 Å². The average molecular weight is 318 g/mol. The molecule has 0 radical (unpaired) electrons. The van der Waals surface area contributed by atoms with Gasteiger partial charge in [-0.1, -0.05) is 6.08 Å². The van der Waals surface area contributed by atoms with E-state index in [0.29, 0.717) is 5.56 Å². The maximum Gasteiger partial charge on any atom is 0.491 e. The topological polar surface area (TPSA) is 83.7 Å². The number of pyridine rings is 1. The Bertz CT molecular complexity index is 612. The largest absolute Gasteiger partial charge is 0.491 e. The van der Waals surface area contributed by atoms with Gasteiger partial charge < -0.3 is 19.8 Å². The van der Waals surface area contributed by atoms with Gasteiger partial charge in [0.25, 0.3) is 0 Å². The van der Waals surface area contributed by atoms with Gasteiger partial charge in [-0.2, -0.15) is 0 Å². The summed E-state index contributed by atoms with van der Waals surface area (Å²) in [5.74, 6) is -0.433. The zero-order valence-electron chi connectivity index (χ0n) is 14.3. The molecule has 1 fully saturated rings. The van der Waals surface area contributed by atoms with E-state index in [0.717, 1.165) is 11.0 Å². The van der Waals surface area contributed by atoms with E-state index in [1.54, 1.807) is 12.3 Å². The molecule has 2 rings (SSSR count). The van der Waals surface area contributed by atoms with Crippen LogP contribution in [0.3, 0.4) is 0 Å². The van der Waals surface area contributed by atoms with Crippen LogP contribution in [0.2, 0.25) is 0 Å². The van der Waals surface area contributed by atoms with E-state index in [9.17, 15) is 4.79 Å². The Labute approximate surface area is 137 Å². The fourth-order valence-electron chi connectivity index (χ4n) is 2.20. The minimum atomic E-state index is -0.521. The summed E-state index contributed by atoms with van der Waals surface area (Å²) in [5, 5.41) is 0. The summed E-state index contributed by atoms with van der Waals surface area (Å²) in [6.07, 6.45) is 4.94. The maximum atomic E-state index is 11.6. The number of nitrogens with two attached hydrogens (primary N) is 1. The Morgan fingerprint density at radius 3 is 2.43 bits per heavy atom. The smallest absolute Gasteiger partial charge is 0.465 e. The predicted octanol–water partition coefficient (Wildman–Crippen LogP) is 1.84. The first kappa shape index (κ1) is 17.7. The molecule has 0 unspecified atom stereocenters. The molecule has 2 N–H and O–H groups in total. The fourth-order valence-corrected chi connectivity index (χ4v) is 2.20. The van der Waals surface area contributed by atoms with E-state index in [1.165, 1.54) is 13.3 Å². The van der Waals surface area contributed by atoms with E-state index in [-0.39, 0.29) is 6.54 Å². The molecule has 1 aromatic heterocycles. The van der Waals surface area contributed by atoms with Crippen molar-refractivity contribution >= 4 is 19.2 Å². The standard InChI is InChI=1S/C16H23BN2O4/c1-15(2)16(3,4)23-17(22-15)13(8-18)7-11-6-12(10-19-9-11)14(20)21-5/h6-7,9-10H,8,18H2,1-5H3. The van der Waals surface area contributed by atoms with Crippen LogP contribution in [0.15, 0.2) is 23.9 Å². The van der Waals surface area contributed by atoms with Crippen LogP contribution < -0.4 is 5.73 Å². The third kappa shape index (κ3) is 3.63. The average Bonchev–Trinajstić information content (AvgIpc) is 2.72. The molecule has 0 amide bonds. The molecule has 7 heteroatoms. The van der Waals surface area contributed by atoms with Crippen molar-refractivity contribution in [2.75, 3.05) is 13.7 Å². The fraction of sp³-hybridized carbons (Fsp3) is 0.500. The first-order chi connectivity index (χ1) is 10.7. The van der Waals surface area contributed by atoms with E-state index in [1.807, 2.05) is 33.8 Å². The summed E-state index contributed by atoms with van der Waals surface area (Å²) >= 11 is 0. The van der Waals surface area contributed by atoms with Gasteiger partial charge in [-0.25, -0.2) is 4.79 Å². The lowest BCUT2D eigenvalue weighted by Gasteiger charge is -2.32. The molecule has 0 aliphatic carbocycles. The monoisotopic (exact) mass is 318 g/mol. The van der Waals surface area contributed by atoms with Crippen molar-refractivity contribution in [1.29, 1.82) is 0 Å². The van der Waals surface area contributed by atoms with Gasteiger partial charge in [-0.05, 0) is 44.8 Å². The first-order valence-corrected chi connectivity index (χ1v) is 7.50. The predicted molar refractivity (Wildman–Crippen MR) is 88.7 cm³/mol. The van der Waals surface area contributed by atoms with Crippen LogP contribution in [-0.4, -0.2) is 42.9 Å². The van der Waals surface area contributed by atoms with Gasteiger partial charge in [0.15, 0.2) is 0 Å². The van der Waals surface area contributed by atoms with Crippen molar-refractivity contribution < 1.29 is 18.8 Å². The number of esters is 1. The second-order valence-corrected chi connectivity index (χ2v) is 6.51. The van der Waals surface area contributed by atoms with E-state index < -0.39 is 24.3 Å². The summed E-state index contributed by atoms with van der Waals surface area (Å²) in [6, 6.07) is 1.69. The number of carbonyl (C=O) groups is 1. The highest BCUT2D eigenvalue weighted by Crippen LogP contribution is 2.38. The van der Waals surface area contributed by atoms with Crippen LogP contribution >= 0.6 is 0 Å². The summed E-state index contributed by atoms with van der Waals surface area (Å²) in [5.41, 5.74) is 6.90. The number of methoxy groups -OCH3 is 1. The number of aromatic nitrogens is 1. The van der Waals surface area contributed by atoms with Crippen molar-refractivity contribution in [3.63, 3.8) is 0 Å². The molecule has 0 spiro atoms. The lowest BCUT2D eigenvalue weighted by Crippen LogP contribution is -2.41. The second-order valence-electron chi connectivity index (χ2n) is 6.51. The van der Waals surface area contributed by atoms with E-state index in [2.05, 4.69) is 4.98 Å². The summed E-state index contributed by atoms with van der Waals surface area (Å²) in [7, 11) is 0.812. The van der Waals surface area contributed by atoms with Gasteiger partial charge in [0.2, 0.25) is 0 Å². The molecule has 1 aliphatic rings. The van der Waals surface area contributed by atoms with Crippen LogP contribution in [-0.2, 0) is 14.0 Å². The third-order valence-corrected chi connectivity index (χ3v) is 4.32. The van der Waals surface area contributed by atoms with Gasteiger partial charge in [-0.3, -0.25) is 4.98 Å². The van der Waals surface area contributed by atoms with Gasteiger partial charge in [-0.15, -0.1) is 0 Å². The van der Waals surface area contributed by atoms with Crippen molar-refractivity contribution in [2.24, 2.45) is 5.73 Å². The zero-order valence-corrected chi connectivity index (χ0v) is 14.3. The van der Waals surface area contributed by atoms with Crippen LogP contribution in [0, 0.1) is 0 Å². The highest BCUT2D eigenvalue weighted by molar-refractivity contribution is 6.55. The van der Waals surface area contributed by atoms with Crippen molar-refractivity contribution in [3.8, 4) is 0 Å². The summed E-state index contributed by atoms with van der Waals surface area (Å²) in [4.78, 5) is 15.6. The third-order valence-electron chi connectivity index (χ3n) is 4.32. The molecule has 2 heterocycles. The highest BCUT2D eigenvalue weighted by atomic mass is 16.7. The quantitative estimate of drug-likeness (QED) is 0.674. The van der Waals surface area contributed by atoms with E-state index >= 15 is 0 Å². The first-order valence-electron chi connectivity index (χ1n) is 7.50. The van der Waals surface area contributed by atoms with Crippen molar-refractivity contribution in [2.45, 2.75) is 38.9 Å². The zero-order chi connectivity index (χ0) is 17.3. The van der Waals surface area contributed by atoms with E-state index in [4.69, 9.17) is 19.8 Å². The molecule has 1 saturated heterocycles. The second kappa shape index (κ2) is 6.43. The Hall–Kier alpha value is -1.70. The molecular formula is C16H23BN2O4. The van der Waals surface area contributed by atoms with Crippen LogP contribution in [0.1, 0.15) is 43.6 Å². The Kier molecular flexibility index (Phi) is 4.94. The maximum absolute atomic E-state index is 11.6. The number of carbonyl (C=O) groups excluding carboxylic acids is 1. The number of rotatable bonds is 4. The van der Waals surface area contributed by atoms with Gasteiger partial charge in [0, 0.05) is 18.9 Å². The lowest BCUT2D eigenvalue weighted by atomic mass is 9.77. The molecule has 23 heavy (non-hydrogen) atoms. The van der Waals surface area contributed by atoms with Crippen LogP contribution in [0.25, 0.3) is 6.08 Å². The van der Waals surface area contributed by atoms with Gasteiger partial charge in [0.05, 0.1) is 23.9 Å². The van der Waals surface area contributed by atoms with Crippen LogP contribution in [0.4, 0.5) is 0 Å². The lowest BCUT2D eigenvalue weighted by molar-refractivity contribution is 0.00578. The molecule has 6 nitrogen and oxygen atoms in total. The molecule has 1 aromatic rings. The number of hydrogen-bond acceptors (Lipinski definition) is 6. The molecule has 0 atom stereocenters. The van der Waals surface area contributed by atoms with Crippen LogP contribution in [0.5, 0.6) is 0 Å². The molecule has 0 saturated carbocycles. The number of hydrogen-bond donors (Lipinski definition) is 1. The van der Waals surface area contributed by atoms with Crippen molar-refractivity contribution in [1.82, 2.24) is 4.98 Å². The Morgan fingerprint density at radius 2 is 1.91 bits per heavy atom. The Balaban J connectivity index is 2.28. The summed E-state index contributed by atoms with van der Waals surface area (Å²) in [6.45, 7) is 8.22. The van der Waals surface area contributed by atoms with Crippen molar-refractivity contribution in [3.05, 3.63) is 35.1 Å². The minimum Gasteiger partial charge on any atom is -0.465 e.